The molecule has 0 nitrogen and oxygen atoms in total. The second-order valence-corrected chi connectivity index (χ2v) is 9.60. The summed E-state index contributed by atoms with van der Waals surface area (Å²) in [6.07, 6.45) is -22.4. The molecular weight excluding hydrogens is 619 g/mol. The molecule has 44 heavy (non-hydrogen) atoms. The van der Waals surface area contributed by atoms with Crippen molar-refractivity contribution in [2.45, 2.75) is 42.5 Å². The number of benzene rings is 4. The maximum absolute atomic E-state index is 13.6. The van der Waals surface area contributed by atoms with Crippen LogP contribution < -0.4 is 0 Å². The van der Waals surface area contributed by atoms with E-state index >= 15 is 0 Å². The standard InChI is InChI=1S/C16H12F6.C15H9F7/c1-11-7-9-13(10-8-11)14(15(17,18)19,16(20,21)22)12-5-3-2-4-6-12;16-12-8-4-7-11(9-12)13(14(17,18)19,15(20,21)22)10-5-2-1-3-6-10/h2-10H,1H3;1-9H. The topological polar surface area (TPSA) is 0 Å². The molecule has 0 saturated carbocycles. The summed E-state index contributed by atoms with van der Waals surface area (Å²) in [6.45, 7) is 1.59. The molecule has 0 aliphatic heterocycles. The van der Waals surface area contributed by atoms with Crippen LogP contribution in [0.4, 0.5) is 57.1 Å². The molecule has 0 radical (unpaired) electrons. The minimum Gasteiger partial charge on any atom is -0.207 e. The Morgan fingerprint density at radius 3 is 1.02 bits per heavy atom. The van der Waals surface area contributed by atoms with E-state index in [2.05, 4.69) is 0 Å². The zero-order valence-corrected chi connectivity index (χ0v) is 22.3. The molecule has 4 aromatic rings. The summed E-state index contributed by atoms with van der Waals surface area (Å²) in [4.78, 5) is 0. The lowest BCUT2D eigenvalue weighted by atomic mass is 9.73. The first kappa shape index (κ1) is 34.5. The van der Waals surface area contributed by atoms with E-state index in [-0.39, 0.29) is 6.07 Å². The summed E-state index contributed by atoms with van der Waals surface area (Å²) in [7, 11) is 0. The second kappa shape index (κ2) is 12.2. The summed E-state index contributed by atoms with van der Waals surface area (Å²) in [5, 5.41) is 0. The highest BCUT2D eigenvalue weighted by Crippen LogP contribution is 2.57. The fourth-order valence-electron chi connectivity index (χ4n) is 4.87. The molecule has 0 saturated heterocycles. The van der Waals surface area contributed by atoms with E-state index in [0.717, 1.165) is 72.8 Å². The van der Waals surface area contributed by atoms with E-state index in [9.17, 15) is 57.1 Å². The Balaban J connectivity index is 0.000000240. The average molecular weight is 640 g/mol. The van der Waals surface area contributed by atoms with Gasteiger partial charge in [-0.2, -0.15) is 52.7 Å². The zero-order chi connectivity index (χ0) is 33.2. The highest BCUT2D eigenvalue weighted by Gasteiger charge is 2.73. The van der Waals surface area contributed by atoms with Crippen molar-refractivity contribution in [3.05, 3.63) is 143 Å². The predicted octanol–water partition coefficient (Wildman–Crippen LogP) is 10.6. The summed E-state index contributed by atoms with van der Waals surface area (Å²) < 4.78 is 176. The molecule has 13 heteroatoms. The van der Waals surface area contributed by atoms with Gasteiger partial charge in [0.1, 0.15) is 5.82 Å². The highest BCUT2D eigenvalue weighted by atomic mass is 19.4. The van der Waals surface area contributed by atoms with E-state index in [1.165, 1.54) is 24.3 Å². The SMILES string of the molecule is Cc1ccc(C(c2ccccc2)(C(F)(F)F)C(F)(F)F)cc1.Fc1cccc(C(c2ccccc2)(C(F)(F)F)C(F)(F)F)c1. The van der Waals surface area contributed by atoms with Crippen molar-refractivity contribution in [1.29, 1.82) is 0 Å². The van der Waals surface area contributed by atoms with Crippen molar-refractivity contribution < 1.29 is 57.1 Å². The van der Waals surface area contributed by atoms with Crippen LogP contribution in [0.3, 0.4) is 0 Å². The van der Waals surface area contributed by atoms with E-state index in [0.29, 0.717) is 11.6 Å². The third kappa shape index (κ3) is 6.14. The lowest BCUT2D eigenvalue weighted by Gasteiger charge is -2.38. The van der Waals surface area contributed by atoms with Gasteiger partial charge < -0.3 is 0 Å². The van der Waals surface area contributed by atoms with Gasteiger partial charge in [0.05, 0.1) is 0 Å². The molecule has 4 rings (SSSR count). The molecule has 0 unspecified atom stereocenters. The minimum atomic E-state index is -5.69. The number of rotatable bonds is 4. The van der Waals surface area contributed by atoms with Crippen molar-refractivity contribution in [2.75, 3.05) is 0 Å². The molecule has 0 bridgehead atoms. The minimum absolute atomic E-state index is 0.258. The number of halogens is 13. The molecule has 4 aromatic carbocycles. The smallest absolute Gasteiger partial charge is 0.207 e. The van der Waals surface area contributed by atoms with Gasteiger partial charge in [-0.3, -0.25) is 0 Å². The summed E-state index contributed by atoms with van der Waals surface area (Å²) in [5.74, 6) is -1.17. The maximum atomic E-state index is 13.6. The second-order valence-electron chi connectivity index (χ2n) is 9.60. The van der Waals surface area contributed by atoms with E-state index in [4.69, 9.17) is 0 Å². The number of alkyl halides is 12. The summed E-state index contributed by atoms with van der Waals surface area (Å²) in [6, 6.07) is 17.0. The van der Waals surface area contributed by atoms with Crippen molar-refractivity contribution in [1.82, 2.24) is 0 Å². The van der Waals surface area contributed by atoms with Gasteiger partial charge in [0.15, 0.2) is 0 Å². The molecule has 0 fully saturated rings. The molecule has 0 N–H and O–H groups in total. The number of aryl methyl sites for hydroxylation is 1. The predicted molar refractivity (Wildman–Crippen MR) is 136 cm³/mol. The lowest BCUT2D eigenvalue weighted by molar-refractivity contribution is -0.290. The largest absolute Gasteiger partial charge is 0.411 e. The third-order valence-electron chi connectivity index (χ3n) is 6.86. The summed E-state index contributed by atoms with van der Waals surface area (Å²) in [5.41, 5.74) is -11.7. The first-order valence-corrected chi connectivity index (χ1v) is 12.4. The van der Waals surface area contributed by atoms with Gasteiger partial charge in [-0.15, -0.1) is 0 Å². The van der Waals surface area contributed by atoms with E-state index < -0.39 is 63.6 Å². The van der Waals surface area contributed by atoms with E-state index in [1.807, 2.05) is 0 Å². The normalized spacial score (nSPS) is 13.2. The Kier molecular flexibility index (Phi) is 9.52. The molecule has 0 heterocycles. The van der Waals surface area contributed by atoms with Crippen molar-refractivity contribution in [3.63, 3.8) is 0 Å². The van der Waals surface area contributed by atoms with Gasteiger partial charge in [-0.05, 0) is 41.3 Å². The first-order valence-electron chi connectivity index (χ1n) is 12.4. The first-order chi connectivity index (χ1) is 20.2. The van der Waals surface area contributed by atoms with Crippen LogP contribution in [0, 0.1) is 12.7 Å². The van der Waals surface area contributed by atoms with Crippen molar-refractivity contribution in [3.8, 4) is 0 Å². The third-order valence-corrected chi connectivity index (χ3v) is 6.86. The zero-order valence-electron chi connectivity index (χ0n) is 22.3. The van der Waals surface area contributed by atoms with Crippen LogP contribution in [-0.4, -0.2) is 24.7 Å². The Bertz CT molecular complexity index is 1470. The van der Waals surface area contributed by atoms with Crippen LogP contribution in [0.1, 0.15) is 27.8 Å². The van der Waals surface area contributed by atoms with Crippen LogP contribution >= 0.6 is 0 Å². The highest BCUT2D eigenvalue weighted by molar-refractivity contribution is 5.45. The summed E-state index contributed by atoms with van der Waals surface area (Å²) >= 11 is 0. The molecule has 0 aromatic heterocycles. The van der Waals surface area contributed by atoms with Crippen molar-refractivity contribution >= 4 is 0 Å². The molecule has 0 amide bonds. The average Bonchev–Trinajstić information content (AvgIpc) is 2.89. The van der Waals surface area contributed by atoms with Crippen LogP contribution in [0.2, 0.25) is 0 Å². The van der Waals surface area contributed by atoms with Gasteiger partial charge in [0.25, 0.3) is 0 Å². The van der Waals surface area contributed by atoms with Crippen LogP contribution in [0.15, 0.2) is 109 Å². The van der Waals surface area contributed by atoms with Crippen LogP contribution in [-0.2, 0) is 10.8 Å². The lowest BCUT2D eigenvalue weighted by Crippen LogP contribution is -2.54. The van der Waals surface area contributed by atoms with Crippen LogP contribution in [0.25, 0.3) is 0 Å². The Morgan fingerprint density at radius 2 is 0.682 bits per heavy atom. The van der Waals surface area contributed by atoms with Gasteiger partial charge in [-0.25, -0.2) is 4.39 Å². The molecule has 0 atom stereocenters. The quantitative estimate of drug-likeness (QED) is 0.195. The number of hydrogen-bond donors (Lipinski definition) is 0. The van der Waals surface area contributed by atoms with Gasteiger partial charge in [0, 0.05) is 0 Å². The fraction of sp³-hybridized carbons (Fsp3) is 0.226. The Morgan fingerprint density at radius 1 is 0.364 bits per heavy atom. The fourth-order valence-corrected chi connectivity index (χ4v) is 4.87. The molecule has 0 spiro atoms. The monoisotopic (exact) mass is 640 g/mol. The maximum Gasteiger partial charge on any atom is 0.411 e. The van der Waals surface area contributed by atoms with Gasteiger partial charge in [-0.1, -0.05) is 103 Å². The van der Waals surface area contributed by atoms with Gasteiger partial charge in [0.2, 0.25) is 10.8 Å². The molecular formula is C31H21F13. The molecule has 0 aliphatic carbocycles. The Labute approximate surface area is 242 Å². The van der Waals surface area contributed by atoms with Gasteiger partial charge >= 0.3 is 24.7 Å². The van der Waals surface area contributed by atoms with E-state index in [1.54, 1.807) is 6.92 Å². The Hall–Kier alpha value is -4.03. The molecule has 236 valence electrons. The van der Waals surface area contributed by atoms with Crippen molar-refractivity contribution in [2.24, 2.45) is 0 Å². The number of hydrogen-bond acceptors (Lipinski definition) is 0. The van der Waals surface area contributed by atoms with Crippen LogP contribution in [0.5, 0.6) is 0 Å². The molecule has 0 aliphatic rings.